The van der Waals surface area contributed by atoms with Crippen LogP contribution in [0.2, 0.25) is 0 Å². The summed E-state index contributed by atoms with van der Waals surface area (Å²) in [5.74, 6) is -4.28. The van der Waals surface area contributed by atoms with Gasteiger partial charge in [-0.2, -0.15) is 0 Å². The largest absolute Gasteiger partial charge is 0.481 e. The highest BCUT2D eigenvalue weighted by Crippen LogP contribution is 1.97. The lowest BCUT2D eigenvalue weighted by Gasteiger charge is -2.16. The van der Waals surface area contributed by atoms with Gasteiger partial charge in [0.15, 0.2) is 0 Å². The molecule has 0 aliphatic heterocycles. The van der Waals surface area contributed by atoms with E-state index in [1.165, 1.54) is 0 Å². The molecule has 9 heteroatoms. The first-order valence-corrected chi connectivity index (χ1v) is 5.92. The van der Waals surface area contributed by atoms with Crippen molar-refractivity contribution in [3.05, 3.63) is 0 Å². The number of nitrogens with one attached hydrogen (secondary N) is 2. The summed E-state index contributed by atoms with van der Waals surface area (Å²) < 4.78 is 0. The van der Waals surface area contributed by atoms with E-state index in [2.05, 4.69) is 5.32 Å². The fourth-order valence-corrected chi connectivity index (χ4v) is 1.21. The monoisotopic (exact) mass is 289 g/mol. The molecule has 0 radical (unpaired) electrons. The highest BCUT2D eigenvalue weighted by Gasteiger charge is 2.23. The van der Waals surface area contributed by atoms with Gasteiger partial charge in [-0.15, -0.1) is 0 Å². The third-order valence-electron chi connectivity index (χ3n) is 2.46. The number of hydrogen-bond acceptors (Lipinski definition) is 5. The zero-order valence-electron chi connectivity index (χ0n) is 11.3. The highest BCUT2D eigenvalue weighted by atomic mass is 16.4. The molecule has 0 rings (SSSR count). The summed E-state index contributed by atoms with van der Waals surface area (Å²) in [6, 6.07) is -2.33. The van der Waals surface area contributed by atoms with Crippen LogP contribution in [0.25, 0.3) is 0 Å². The molecule has 0 aromatic rings. The van der Waals surface area contributed by atoms with E-state index in [9.17, 15) is 19.2 Å². The fraction of sp³-hybridized carbons (Fsp3) is 0.636. The minimum atomic E-state index is -1.55. The summed E-state index contributed by atoms with van der Waals surface area (Å²) in [6.07, 6.45) is -0.749. The van der Waals surface area contributed by atoms with Crippen molar-refractivity contribution < 1.29 is 29.4 Å². The van der Waals surface area contributed by atoms with Gasteiger partial charge in [0, 0.05) is 0 Å². The fourth-order valence-electron chi connectivity index (χ4n) is 1.21. The van der Waals surface area contributed by atoms with Crippen LogP contribution >= 0.6 is 0 Å². The lowest BCUT2D eigenvalue weighted by Crippen LogP contribution is -2.50. The average molecular weight is 289 g/mol. The summed E-state index contributed by atoms with van der Waals surface area (Å²) in [7, 11) is 0. The van der Waals surface area contributed by atoms with E-state index in [1.807, 2.05) is 5.32 Å². The number of amides is 2. The molecule has 0 heterocycles. The van der Waals surface area contributed by atoms with Crippen molar-refractivity contribution in [3.8, 4) is 0 Å². The quantitative estimate of drug-likeness (QED) is 0.350. The van der Waals surface area contributed by atoms with E-state index in [1.54, 1.807) is 13.8 Å². The number of hydrogen-bond donors (Lipinski definition) is 5. The van der Waals surface area contributed by atoms with Gasteiger partial charge < -0.3 is 26.6 Å². The molecule has 0 aliphatic rings. The Morgan fingerprint density at radius 3 is 2.10 bits per heavy atom. The second kappa shape index (κ2) is 8.10. The Labute approximate surface area is 115 Å². The van der Waals surface area contributed by atoms with Gasteiger partial charge in [0.1, 0.15) is 6.04 Å². The summed E-state index contributed by atoms with van der Waals surface area (Å²) in [4.78, 5) is 44.0. The third kappa shape index (κ3) is 6.69. The number of carboxylic acids is 2. The summed E-state index contributed by atoms with van der Waals surface area (Å²) in [5, 5.41) is 21.5. The molecule has 0 aliphatic carbocycles. The Hall–Kier alpha value is -2.16. The molecule has 20 heavy (non-hydrogen) atoms. The van der Waals surface area contributed by atoms with Gasteiger partial charge in [-0.3, -0.25) is 14.4 Å². The molecule has 0 bridgehead atoms. The van der Waals surface area contributed by atoms with Gasteiger partial charge in [0.05, 0.1) is 19.0 Å². The standard InChI is InChI=1S/C11H19N3O6/c1-5(2)9(12)10(18)13-4-7(15)14-6(11(19)20)3-8(16)17/h5-6,9H,3-4,12H2,1-2H3,(H,13,18)(H,14,15)(H,16,17)(H,19,20)/t6?,9-/m0/s1. The maximum atomic E-state index is 11.5. The van der Waals surface area contributed by atoms with Crippen molar-refractivity contribution >= 4 is 23.8 Å². The Morgan fingerprint density at radius 2 is 1.70 bits per heavy atom. The molecule has 2 atom stereocenters. The van der Waals surface area contributed by atoms with Gasteiger partial charge in [-0.25, -0.2) is 4.79 Å². The molecule has 2 amide bonds. The normalized spacial score (nSPS) is 13.4. The molecule has 0 spiro atoms. The Balaban J connectivity index is 4.30. The Bertz CT molecular complexity index is 396. The highest BCUT2D eigenvalue weighted by molar-refractivity contribution is 5.90. The average Bonchev–Trinajstić information content (AvgIpc) is 2.33. The molecule has 9 nitrogen and oxygen atoms in total. The molecule has 6 N–H and O–H groups in total. The maximum Gasteiger partial charge on any atom is 0.326 e. The van der Waals surface area contributed by atoms with Crippen LogP contribution in [-0.2, 0) is 19.2 Å². The van der Waals surface area contributed by atoms with Crippen LogP contribution in [0.3, 0.4) is 0 Å². The van der Waals surface area contributed by atoms with E-state index >= 15 is 0 Å². The molecule has 1 unspecified atom stereocenters. The molecule has 0 aromatic carbocycles. The van der Waals surface area contributed by atoms with Gasteiger partial charge in [-0.05, 0) is 5.92 Å². The van der Waals surface area contributed by atoms with Crippen molar-refractivity contribution in [2.75, 3.05) is 6.54 Å². The first-order chi connectivity index (χ1) is 9.15. The van der Waals surface area contributed by atoms with Crippen LogP contribution in [0, 0.1) is 5.92 Å². The molecule has 114 valence electrons. The van der Waals surface area contributed by atoms with Crippen LogP contribution in [0.15, 0.2) is 0 Å². The summed E-state index contributed by atoms with van der Waals surface area (Å²) in [6.45, 7) is 3.00. The number of rotatable bonds is 8. The lowest BCUT2D eigenvalue weighted by atomic mass is 10.1. The van der Waals surface area contributed by atoms with Crippen LogP contribution in [-0.4, -0.2) is 52.6 Å². The number of nitrogens with two attached hydrogens (primary N) is 1. The molecule has 0 aromatic heterocycles. The lowest BCUT2D eigenvalue weighted by molar-refractivity contribution is -0.147. The molecule has 0 saturated carbocycles. The van der Waals surface area contributed by atoms with E-state index in [4.69, 9.17) is 15.9 Å². The zero-order chi connectivity index (χ0) is 15.9. The van der Waals surface area contributed by atoms with E-state index in [0.717, 1.165) is 0 Å². The predicted molar refractivity (Wildman–Crippen MR) is 67.6 cm³/mol. The van der Waals surface area contributed by atoms with Crippen LogP contribution in [0.5, 0.6) is 0 Å². The van der Waals surface area contributed by atoms with Gasteiger partial charge in [0.2, 0.25) is 11.8 Å². The minimum Gasteiger partial charge on any atom is -0.481 e. The van der Waals surface area contributed by atoms with E-state index in [-0.39, 0.29) is 5.92 Å². The van der Waals surface area contributed by atoms with Crippen molar-refractivity contribution in [2.24, 2.45) is 11.7 Å². The molecule has 0 fully saturated rings. The minimum absolute atomic E-state index is 0.114. The summed E-state index contributed by atoms with van der Waals surface area (Å²) >= 11 is 0. The maximum absolute atomic E-state index is 11.5. The van der Waals surface area contributed by atoms with E-state index in [0.29, 0.717) is 0 Å². The zero-order valence-corrected chi connectivity index (χ0v) is 11.3. The first kappa shape index (κ1) is 17.8. The second-order valence-corrected chi connectivity index (χ2v) is 4.54. The Kier molecular flexibility index (Phi) is 7.22. The SMILES string of the molecule is CC(C)[C@H](N)C(=O)NCC(=O)NC(CC(=O)O)C(=O)O. The Morgan fingerprint density at radius 1 is 1.15 bits per heavy atom. The smallest absolute Gasteiger partial charge is 0.326 e. The molecular weight excluding hydrogens is 270 g/mol. The number of aliphatic carboxylic acids is 2. The third-order valence-corrected chi connectivity index (χ3v) is 2.46. The number of carbonyl (C=O) groups is 4. The predicted octanol–water partition coefficient (Wildman–Crippen LogP) is -1.87. The van der Waals surface area contributed by atoms with Crippen LogP contribution in [0.1, 0.15) is 20.3 Å². The van der Waals surface area contributed by atoms with Crippen molar-refractivity contribution in [2.45, 2.75) is 32.4 Å². The van der Waals surface area contributed by atoms with Crippen molar-refractivity contribution in [1.29, 1.82) is 0 Å². The van der Waals surface area contributed by atoms with Crippen LogP contribution < -0.4 is 16.4 Å². The van der Waals surface area contributed by atoms with Crippen LogP contribution in [0.4, 0.5) is 0 Å². The molecule has 0 saturated heterocycles. The van der Waals surface area contributed by atoms with Crippen molar-refractivity contribution in [1.82, 2.24) is 10.6 Å². The van der Waals surface area contributed by atoms with Crippen molar-refractivity contribution in [3.63, 3.8) is 0 Å². The topological polar surface area (TPSA) is 159 Å². The number of carboxylic acid groups (broad SMARTS) is 2. The van der Waals surface area contributed by atoms with Gasteiger partial charge in [-0.1, -0.05) is 13.8 Å². The molecular formula is C11H19N3O6. The van der Waals surface area contributed by atoms with E-state index < -0.39 is 48.8 Å². The summed E-state index contributed by atoms with van der Waals surface area (Å²) in [5.41, 5.74) is 5.55. The number of carbonyl (C=O) groups excluding carboxylic acids is 2. The van der Waals surface area contributed by atoms with Gasteiger partial charge in [0.25, 0.3) is 0 Å². The first-order valence-electron chi connectivity index (χ1n) is 5.92. The second-order valence-electron chi connectivity index (χ2n) is 4.54. The van der Waals surface area contributed by atoms with Gasteiger partial charge >= 0.3 is 11.9 Å².